The third-order valence-electron chi connectivity index (χ3n) is 3.88. The summed E-state index contributed by atoms with van der Waals surface area (Å²) in [5, 5.41) is 0. The fourth-order valence-corrected chi connectivity index (χ4v) is 2.81. The summed E-state index contributed by atoms with van der Waals surface area (Å²) < 4.78 is 11.1. The first kappa shape index (κ1) is 18.6. The van der Waals surface area contributed by atoms with Crippen LogP contribution in [-0.4, -0.2) is 20.2 Å². The van der Waals surface area contributed by atoms with Crippen molar-refractivity contribution in [3.8, 4) is 5.75 Å². The van der Waals surface area contributed by atoms with Crippen molar-refractivity contribution in [2.75, 3.05) is 20.0 Å². The molecule has 0 atom stereocenters. The molecule has 0 unspecified atom stereocenters. The molecule has 5 heteroatoms. The van der Waals surface area contributed by atoms with Crippen molar-refractivity contribution in [3.63, 3.8) is 0 Å². The van der Waals surface area contributed by atoms with Gasteiger partial charge in [-0.05, 0) is 60.7 Å². The second-order valence-electron chi connectivity index (χ2n) is 5.32. The molecule has 0 radical (unpaired) electrons. The number of anilines is 1. The molecule has 0 spiro atoms. The van der Waals surface area contributed by atoms with Crippen molar-refractivity contribution in [3.05, 3.63) is 32.8 Å². The molecule has 22 heavy (non-hydrogen) atoms. The maximum Gasteiger partial charge on any atom is 0.305 e. The van der Waals surface area contributed by atoms with Gasteiger partial charge in [-0.2, -0.15) is 0 Å². The Labute approximate surface area is 140 Å². The third kappa shape index (κ3) is 4.26. The van der Waals surface area contributed by atoms with E-state index >= 15 is 0 Å². The van der Waals surface area contributed by atoms with Crippen molar-refractivity contribution < 1.29 is 14.3 Å². The molecule has 0 fully saturated rings. The van der Waals surface area contributed by atoms with E-state index in [0.29, 0.717) is 24.9 Å². The Balaban J connectivity index is 3.00. The number of carbonyl (C=O) groups is 1. The van der Waals surface area contributed by atoms with E-state index in [1.807, 2.05) is 20.8 Å². The SMILES string of the molecule is COC(=O)CC/C(C)=C/Cc1c(N)c(Br)c(C)c(C)c1OC. The smallest absolute Gasteiger partial charge is 0.305 e. The molecule has 1 aromatic carbocycles. The standard InChI is InChI=1S/C17H24BrNO3/c1-10(7-9-14(20)21-4)6-8-13-16(19)15(18)11(2)12(3)17(13)22-5/h6H,7-9,19H2,1-5H3/b10-6+. The highest BCUT2D eigenvalue weighted by molar-refractivity contribution is 9.10. The van der Waals surface area contributed by atoms with Crippen LogP contribution in [0.5, 0.6) is 5.75 Å². The molecule has 0 saturated carbocycles. The Kier molecular flexibility index (Phi) is 6.94. The lowest BCUT2D eigenvalue weighted by molar-refractivity contribution is -0.140. The topological polar surface area (TPSA) is 61.5 Å². The number of hydrogen-bond acceptors (Lipinski definition) is 4. The lowest BCUT2D eigenvalue weighted by atomic mass is 9.98. The van der Waals surface area contributed by atoms with Gasteiger partial charge < -0.3 is 15.2 Å². The molecule has 0 saturated heterocycles. The molecule has 2 N–H and O–H groups in total. The normalized spacial score (nSPS) is 11.5. The average Bonchev–Trinajstić information content (AvgIpc) is 2.52. The van der Waals surface area contributed by atoms with E-state index in [-0.39, 0.29) is 5.97 Å². The lowest BCUT2D eigenvalue weighted by Gasteiger charge is -2.18. The van der Waals surface area contributed by atoms with E-state index < -0.39 is 0 Å². The van der Waals surface area contributed by atoms with Gasteiger partial charge in [0, 0.05) is 16.5 Å². The summed E-state index contributed by atoms with van der Waals surface area (Å²) in [6, 6.07) is 0. The number of carbonyl (C=O) groups excluding carboxylic acids is 1. The lowest BCUT2D eigenvalue weighted by Crippen LogP contribution is -2.04. The van der Waals surface area contributed by atoms with E-state index in [1.165, 1.54) is 7.11 Å². The summed E-state index contributed by atoms with van der Waals surface area (Å²) in [7, 11) is 3.06. The predicted octanol–water partition coefficient (Wildman–Crippen LogP) is 4.10. The van der Waals surface area contributed by atoms with E-state index in [0.717, 1.165) is 32.5 Å². The van der Waals surface area contributed by atoms with Crippen LogP contribution in [0.15, 0.2) is 16.1 Å². The molecule has 4 nitrogen and oxygen atoms in total. The predicted molar refractivity (Wildman–Crippen MR) is 93.3 cm³/mol. The quantitative estimate of drug-likeness (QED) is 0.465. The van der Waals surface area contributed by atoms with Gasteiger partial charge in [-0.15, -0.1) is 0 Å². The first-order chi connectivity index (χ1) is 10.3. The van der Waals surface area contributed by atoms with Crippen molar-refractivity contribution in [2.45, 2.75) is 40.0 Å². The number of allylic oxidation sites excluding steroid dienone is 2. The molecule has 0 heterocycles. The number of rotatable bonds is 6. The number of halogens is 1. The van der Waals surface area contributed by atoms with Crippen molar-refractivity contribution >= 4 is 27.6 Å². The molecule has 122 valence electrons. The maximum absolute atomic E-state index is 11.2. The molecule has 0 aliphatic carbocycles. The number of ether oxygens (including phenoxy) is 2. The summed E-state index contributed by atoms with van der Waals surface area (Å²) in [6.07, 6.45) is 3.82. The zero-order valence-electron chi connectivity index (χ0n) is 13.9. The highest BCUT2D eigenvalue weighted by Crippen LogP contribution is 2.38. The van der Waals surface area contributed by atoms with Crippen molar-refractivity contribution in [1.29, 1.82) is 0 Å². The molecule has 1 aromatic rings. The van der Waals surface area contributed by atoms with Gasteiger partial charge in [0.1, 0.15) is 5.75 Å². The molecule has 0 aromatic heterocycles. The van der Waals surface area contributed by atoms with Gasteiger partial charge >= 0.3 is 5.97 Å². The Morgan fingerprint density at radius 3 is 2.41 bits per heavy atom. The van der Waals surface area contributed by atoms with E-state index in [1.54, 1.807) is 7.11 Å². The van der Waals surface area contributed by atoms with Crippen molar-refractivity contribution in [2.24, 2.45) is 0 Å². The summed E-state index contributed by atoms with van der Waals surface area (Å²) in [5.41, 5.74) is 11.2. The van der Waals surface area contributed by atoms with Crippen LogP contribution in [-0.2, 0) is 16.0 Å². The maximum atomic E-state index is 11.2. The van der Waals surface area contributed by atoms with Crippen LogP contribution in [0.25, 0.3) is 0 Å². The number of benzene rings is 1. The molecule has 0 aliphatic heterocycles. The largest absolute Gasteiger partial charge is 0.496 e. The second kappa shape index (κ2) is 8.22. The van der Waals surface area contributed by atoms with Crippen molar-refractivity contribution in [1.82, 2.24) is 0 Å². The Morgan fingerprint density at radius 1 is 1.23 bits per heavy atom. The van der Waals surface area contributed by atoms with Gasteiger partial charge in [0.25, 0.3) is 0 Å². The molecule has 1 rings (SSSR count). The summed E-state index contributed by atoms with van der Waals surface area (Å²) in [5.74, 6) is 0.633. The van der Waals surface area contributed by atoms with Crippen LogP contribution in [0.4, 0.5) is 5.69 Å². The monoisotopic (exact) mass is 369 g/mol. The summed E-state index contributed by atoms with van der Waals surface area (Å²) in [6.45, 7) is 6.04. The Bertz CT molecular complexity index is 594. The van der Waals surface area contributed by atoms with Gasteiger partial charge in [-0.25, -0.2) is 0 Å². The highest BCUT2D eigenvalue weighted by Gasteiger charge is 2.16. The first-order valence-corrected chi connectivity index (χ1v) is 7.96. The first-order valence-electron chi connectivity index (χ1n) is 7.16. The van der Waals surface area contributed by atoms with Crippen LogP contribution >= 0.6 is 15.9 Å². The molecule has 0 aliphatic rings. The van der Waals surface area contributed by atoms with Crippen LogP contribution in [0.2, 0.25) is 0 Å². The van der Waals surface area contributed by atoms with E-state index in [9.17, 15) is 4.79 Å². The van der Waals surface area contributed by atoms with Crippen LogP contribution in [0, 0.1) is 13.8 Å². The minimum atomic E-state index is -0.196. The summed E-state index contributed by atoms with van der Waals surface area (Å²) >= 11 is 3.55. The number of nitrogens with two attached hydrogens (primary N) is 1. The zero-order chi connectivity index (χ0) is 16.9. The van der Waals surface area contributed by atoms with E-state index in [4.69, 9.17) is 10.5 Å². The summed E-state index contributed by atoms with van der Waals surface area (Å²) in [4.78, 5) is 11.2. The number of esters is 1. The third-order valence-corrected chi connectivity index (χ3v) is 4.90. The number of hydrogen-bond donors (Lipinski definition) is 1. The minimum absolute atomic E-state index is 0.196. The van der Waals surface area contributed by atoms with Crippen LogP contribution < -0.4 is 10.5 Å². The van der Waals surface area contributed by atoms with Gasteiger partial charge in [0.05, 0.1) is 19.9 Å². The van der Waals surface area contributed by atoms with Crippen LogP contribution in [0.3, 0.4) is 0 Å². The van der Waals surface area contributed by atoms with Gasteiger partial charge in [0.2, 0.25) is 0 Å². The van der Waals surface area contributed by atoms with Gasteiger partial charge in [-0.1, -0.05) is 11.6 Å². The molecule has 0 amide bonds. The van der Waals surface area contributed by atoms with Gasteiger partial charge in [-0.3, -0.25) is 4.79 Å². The fraction of sp³-hybridized carbons (Fsp3) is 0.471. The fourth-order valence-electron chi connectivity index (χ4n) is 2.28. The zero-order valence-corrected chi connectivity index (χ0v) is 15.5. The minimum Gasteiger partial charge on any atom is -0.496 e. The average molecular weight is 370 g/mol. The number of nitrogen functional groups attached to an aromatic ring is 1. The Hall–Kier alpha value is -1.49. The molecule has 0 bridgehead atoms. The van der Waals surface area contributed by atoms with Crippen LogP contribution in [0.1, 0.15) is 36.5 Å². The number of methoxy groups -OCH3 is 2. The van der Waals surface area contributed by atoms with E-state index in [2.05, 4.69) is 26.7 Å². The van der Waals surface area contributed by atoms with Gasteiger partial charge in [0.15, 0.2) is 0 Å². The molecular formula is C17H24BrNO3. The highest BCUT2D eigenvalue weighted by atomic mass is 79.9. The second-order valence-corrected chi connectivity index (χ2v) is 6.11. The Morgan fingerprint density at radius 2 is 1.86 bits per heavy atom. The molecular weight excluding hydrogens is 346 g/mol.